The number of rotatable bonds is 0. The van der Waals surface area contributed by atoms with Crippen LogP contribution in [0.25, 0.3) is 11.0 Å². The SMILES string of the molecule is Cc1ncc2nc(Cl)ccc2n1. The summed E-state index contributed by atoms with van der Waals surface area (Å²) in [6, 6.07) is 3.55. The molecular formula is C8H6ClN3. The first-order valence-electron chi connectivity index (χ1n) is 3.51. The lowest BCUT2D eigenvalue weighted by Crippen LogP contribution is -1.89. The van der Waals surface area contributed by atoms with E-state index in [1.807, 2.05) is 13.0 Å². The van der Waals surface area contributed by atoms with Crippen molar-refractivity contribution in [2.75, 3.05) is 0 Å². The number of hydrogen-bond acceptors (Lipinski definition) is 3. The van der Waals surface area contributed by atoms with Crippen molar-refractivity contribution >= 4 is 22.6 Å². The quantitative estimate of drug-likeness (QED) is 0.581. The average Bonchev–Trinajstić information content (AvgIpc) is 2.05. The molecule has 0 unspecified atom stereocenters. The first-order valence-corrected chi connectivity index (χ1v) is 3.89. The molecule has 0 saturated heterocycles. The van der Waals surface area contributed by atoms with Crippen LogP contribution in [-0.4, -0.2) is 15.0 Å². The van der Waals surface area contributed by atoms with Gasteiger partial charge in [-0.05, 0) is 19.1 Å². The normalized spacial score (nSPS) is 10.5. The van der Waals surface area contributed by atoms with Gasteiger partial charge < -0.3 is 0 Å². The topological polar surface area (TPSA) is 38.7 Å². The summed E-state index contributed by atoms with van der Waals surface area (Å²) in [6.07, 6.45) is 1.67. The summed E-state index contributed by atoms with van der Waals surface area (Å²) < 4.78 is 0. The summed E-state index contributed by atoms with van der Waals surface area (Å²) in [5.74, 6) is 0.742. The average molecular weight is 180 g/mol. The van der Waals surface area contributed by atoms with Gasteiger partial charge in [0.2, 0.25) is 0 Å². The van der Waals surface area contributed by atoms with Crippen molar-refractivity contribution in [2.24, 2.45) is 0 Å². The van der Waals surface area contributed by atoms with E-state index >= 15 is 0 Å². The molecule has 0 amide bonds. The van der Waals surface area contributed by atoms with Gasteiger partial charge in [0.15, 0.2) is 0 Å². The third kappa shape index (κ3) is 1.23. The highest BCUT2D eigenvalue weighted by atomic mass is 35.5. The Morgan fingerprint density at radius 1 is 1.17 bits per heavy atom. The molecule has 4 heteroatoms. The van der Waals surface area contributed by atoms with Crippen molar-refractivity contribution in [3.8, 4) is 0 Å². The van der Waals surface area contributed by atoms with E-state index in [0.717, 1.165) is 16.9 Å². The van der Waals surface area contributed by atoms with E-state index in [1.54, 1.807) is 12.3 Å². The molecule has 2 rings (SSSR count). The van der Waals surface area contributed by atoms with Crippen molar-refractivity contribution in [1.29, 1.82) is 0 Å². The monoisotopic (exact) mass is 179 g/mol. The lowest BCUT2D eigenvalue weighted by Gasteiger charge is -1.96. The smallest absolute Gasteiger partial charge is 0.129 e. The molecule has 0 N–H and O–H groups in total. The first-order chi connectivity index (χ1) is 5.75. The van der Waals surface area contributed by atoms with Crippen molar-refractivity contribution in [2.45, 2.75) is 6.92 Å². The van der Waals surface area contributed by atoms with E-state index in [9.17, 15) is 0 Å². The van der Waals surface area contributed by atoms with E-state index < -0.39 is 0 Å². The molecule has 2 heterocycles. The Balaban J connectivity index is 2.79. The van der Waals surface area contributed by atoms with Gasteiger partial charge in [-0.15, -0.1) is 0 Å². The Bertz CT molecular complexity index is 386. The number of pyridine rings is 1. The molecule has 0 spiro atoms. The number of fused-ring (bicyclic) bond motifs is 1. The van der Waals surface area contributed by atoms with Crippen LogP contribution in [0.3, 0.4) is 0 Å². The van der Waals surface area contributed by atoms with Gasteiger partial charge in [-0.2, -0.15) is 0 Å². The maximum Gasteiger partial charge on any atom is 0.129 e. The van der Waals surface area contributed by atoms with Crippen molar-refractivity contribution in [3.05, 3.63) is 29.3 Å². The molecule has 2 aromatic heterocycles. The number of nitrogens with zero attached hydrogens (tertiary/aromatic N) is 3. The van der Waals surface area contributed by atoms with Crippen LogP contribution in [0.5, 0.6) is 0 Å². The predicted octanol–water partition coefficient (Wildman–Crippen LogP) is 1.99. The molecule has 0 aromatic carbocycles. The van der Waals surface area contributed by atoms with Crippen LogP contribution in [-0.2, 0) is 0 Å². The van der Waals surface area contributed by atoms with Gasteiger partial charge in [-0.1, -0.05) is 11.6 Å². The summed E-state index contributed by atoms with van der Waals surface area (Å²) in [4.78, 5) is 12.3. The number of aryl methyl sites for hydroxylation is 1. The van der Waals surface area contributed by atoms with Gasteiger partial charge in [0.05, 0.1) is 11.7 Å². The van der Waals surface area contributed by atoms with Crippen LogP contribution in [0.4, 0.5) is 0 Å². The predicted molar refractivity (Wildman–Crippen MR) is 47.1 cm³/mol. The van der Waals surface area contributed by atoms with Crippen LogP contribution in [0.15, 0.2) is 18.3 Å². The maximum atomic E-state index is 5.69. The molecular weight excluding hydrogens is 174 g/mol. The van der Waals surface area contributed by atoms with Crippen molar-refractivity contribution in [3.63, 3.8) is 0 Å². The lowest BCUT2D eigenvalue weighted by atomic mass is 10.4. The standard InChI is InChI=1S/C8H6ClN3/c1-5-10-4-7-6(11-5)2-3-8(9)12-7/h2-4H,1H3. The lowest BCUT2D eigenvalue weighted by molar-refractivity contribution is 1.08. The highest BCUT2D eigenvalue weighted by Gasteiger charge is 1.97. The number of aromatic nitrogens is 3. The third-order valence-electron chi connectivity index (χ3n) is 1.52. The molecule has 3 nitrogen and oxygen atoms in total. The largest absolute Gasteiger partial charge is 0.239 e. The minimum atomic E-state index is 0.468. The second kappa shape index (κ2) is 2.68. The Kier molecular flexibility index (Phi) is 1.66. The van der Waals surface area contributed by atoms with Crippen LogP contribution < -0.4 is 0 Å². The Morgan fingerprint density at radius 3 is 2.83 bits per heavy atom. The van der Waals surface area contributed by atoms with Crippen molar-refractivity contribution < 1.29 is 0 Å². The fourth-order valence-electron chi connectivity index (χ4n) is 0.990. The molecule has 0 saturated carbocycles. The van der Waals surface area contributed by atoms with Gasteiger partial charge in [-0.25, -0.2) is 15.0 Å². The second-order valence-electron chi connectivity index (χ2n) is 2.46. The van der Waals surface area contributed by atoms with Gasteiger partial charge >= 0.3 is 0 Å². The first kappa shape index (κ1) is 7.43. The highest BCUT2D eigenvalue weighted by Crippen LogP contribution is 2.11. The van der Waals surface area contributed by atoms with Crippen LogP contribution in [0, 0.1) is 6.92 Å². The molecule has 12 heavy (non-hydrogen) atoms. The molecule has 0 fully saturated rings. The molecule has 0 atom stereocenters. The zero-order valence-corrected chi connectivity index (χ0v) is 7.21. The number of halogens is 1. The van der Waals surface area contributed by atoms with Gasteiger partial charge in [0, 0.05) is 0 Å². The molecule has 0 aliphatic carbocycles. The molecule has 60 valence electrons. The van der Waals surface area contributed by atoms with Gasteiger partial charge in [-0.3, -0.25) is 0 Å². The maximum absolute atomic E-state index is 5.69. The van der Waals surface area contributed by atoms with Crippen LogP contribution in [0.2, 0.25) is 5.15 Å². The summed E-state index contributed by atoms with van der Waals surface area (Å²) >= 11 is 5.69. The van der Waals surface area contributed by atoms with E-state index in [1.165, 1.54) is 0 Å². The molecule has 0 radical (unpaired) electrons. The molecule has 2 aromatic rings. The third-order valence-corrected chi connectivity index (χ3v) is 1.73. The molecule has 0 aliphatic rings. The van der Waals surface area contributed by atoms with Crippen molar-refractivity contribution in [1.82, 2.24) is 15.0 Å². The Hall–Kier alpha value is -1.22. The summed E-state index contributed by atoms with van der Waals surface area (Å²) in [7, 11) is 0. The van der Waals surface area contributed by atoms with Crippen LogP contribution in [0.1, 0.15) is 5.82 Å². The fourth-order valence-corrected chi connectivity index (χ4v) is 1.14. The minimum Gasteiger partial charge on any atom is -0.239 e. The molecule has 0 aliphatic heterocycles. The Labute approximate surface area is 74.4 Å². The minimum absolute atomic E-state index is 0.468. The summed E-state index contributed by atoms with van der Waals surface area (Å²) in [6.45, 7) is 1.84. The van der Waals surface area contributed by atoms with E-state index in [-0.39, 0.29) is 0 Å². The highest BCUT2D eigenvalue weighted by molar-refractivity contribution is 6.29. The molecule has 0 bridgehead atoms. The second-order valence-corrected chi connectivity index (χ2v) is 2.84. The number of hydrogen-bond donors (Lipinski definition) is 0. The van der Waals surface area contributed by atoms with E-state index in [4.69, 9.17) is 11.6 Å². The zero-order chi connectivity index (χ0) is 8.55. The van der Waals surface area contributed by atoms with E-state index in [2.05, 4.69) is 15.0 Å². The van der Waals surface area contributed by atoms with Crippen LogP contribution >= 0.6 is 11.6 Å². The zero-order valence-electron chi connectivity index (χ0n) is 6.45. The fraction of sp³-hybridized carbons (Fsp3) is 0.125. The summed E-state index contributed by atoms with van der Waals surface area (Å²) in [5.41, 5.74) is 1.56. The Morgan fingerprint density at radius 2 is 2.00 bits per heavy atom. The summed E-state index contributed by atoms with van der Waals surface area (Å²) in [5, 5.41) is 0.468. The van der Waals surface area contributed by atoms with E-state index in [0.29, 0.717) is 5.15 Å². The van der Waals surface area contributed by atoms with Gasteiger partial charge in [0.1, 0.15) is 16.5 Å². The van der Waals surface area contributed by atoms with Gasteiger partial charge in [0.25, 0.3) is 0 Å².